The Morgan fingerprint density at radius 2 is 0.629 bits per heavy atom. The molecule has 6 heteroatoms. The van der Waals surface area contributed by atoms with E-state index in [0.717, 1.165) is 109 Å². The summed E-state index contributed by atoms with van der Waals surface area (Å²) in [6.07, 6.45) is 65.1. The first-order valence-electron chi connectivity index (χ1n) is 25.6. The summed E-state index contributed by atoms with van der Waals surface area (Å²) >= 11 is 0. The van der Waals surface area contributed by atoms with Crippen molar-refractivity contribution >= 4 is 17.9 Å². The molecule has 1 atom stereocenters. The Balaban J connectivity index is 3.88. The van der Waals surface area contributed by atoms with Crippen LogP contribution >= 0.6 is 0 Å². The molecule has 0 aromatic rings. The highest BCUT2D eigenvalue weighted by molar-refractivity contribution is 5.71. The number of hydrogen-bond acceptors (Lipinski definition) is 6. The first-order valence-corrected chi connectivity index (χ1v) is 25.6. The Kier molecular flexibility index (Phi) is 47.5. The van der Waals surface area contributed by atoms with Gasteiger partial charge in [-0.3, -0.25) is 14.4 Å². The normalized spacial score (nSPS) is 12.8. The van der Waals surface area contributed by atoms with E-state index in [1.807, 2.05) is 0 Å². The maximum absolute atomic E-state index is 12.5. The highest BCUT2D eigenvalue weighted by Crippen LogP contribution is 2.14. The van der Waals surface area contributed by atoms with Gasteiger partial charge in [-0.25, -0.2) is 0 Å². The fourth-order valence-electron chi connectivity index (χ4n) is 6.83. The van der Waals surface area contributed by atoms with Crippen molar-refractivity contribution in [3.8, 4) is 0 Å². The molecule has 0 aliphatic carbocycles. The minimum Gasteiger partial charge on any atom is -0.462 e. The van der Waals surface area contributed by atoms with Gasteiger partial charge in [0, 0.05) is 19.3 Å². The van der Waals surface area contributed by atoms with Crippen LogP contribution in [0.1, 0.15) is 233 Å². The number of unbranched alkanes of at least 4 members (excludes halogenated alkanes) is 20. The second-order valence-electron chi connectivity index (χ2n) is 16.7. The lowest BCUT2D eigenvalue weighted by Crippen LogP contribution is -2.30. The van der Waals surface area contributed by atoms with Crippen LogP contribution in [0, 0.1) is 0 Å². The molecule has 0 amide bonds. The van der Waals surface area contributed by atoms with Crippen molar-refractivity contribution in [3.05, 3.63) is 85.1 Å². The summed E-state index contributed by atoms with van der Waals surface area (Å²) < 4.78 is 16.5. The monoisotopic (exact) mass is 863 g/mol. The summed E-state index contributed by atoms with van der Waals surface area (Å²) in [6, 6.07) is 0. The molecule has 0 radical (unpaired) electrons. The standard InChI is InChI=1S/C56H94O6/c1-4-7-10-13-15-16-17-18-19-20-21-22-23-24-25-26-27-28-29-30-31-32-33-34-35-36-37-38-39-40-41-44-46-49-55(58)61-52-53(51-60-54(57)48-45-42-12-9-6-3)62-56(59)50-47-43-14-11-8-5-2/h7,10,15-16,18-19,21-22,24-25,27-28,30-31,53H,4-6,8-9,11-14,17,20,23,26,29,32-52H2,1-3H3/b10-7-,16-15-,19-18-,22-21-,25-24-,28-27-,31-30-. The quantitative estimate of drug-likeness (QED) is 0.0263. The van der Waals surface area contributed by atoms with Crippen LogP contribution in [0.25, 0.3) is 0 Å². The van der Waals surface area contributed by atoms with Crippen LogP contribution in [0.3, 0.4) is 0 Å². The van der Waals surface area contributed by atoms with Gasteiger partial charge < -0.3 is 14.2 Å². The minimum atomic E-state index is -0.767. The molecule has 6 nitrogen and oxygen atoms in total. The van der Waals surface area contributed by atoms with Crippen LogP contribution in [-0.4, -0.2) is 37.2 Å². The SMILES string of the molecule is CC/C=C\C/C=C\C/C=C\C/C=C\C/C=C\C/C=C\C/C=C\CCCCCCCCCCCCCC(=O)OCC(COC(=O)CCCCCCC)OC(=O)CCCCCCCC. The lowest BCUT2D eigenvalue weighted by molar-refractivity contribution is -0.167. The summed E-state index contributed by atoms with van der Waals surface area (Å²) in [5, 5.41) is 0. The van der Waals surface area contributed by atoms with E-state index in [1.165, 1.54) is 83.5 Å². The molecule has 0 aliphatic rings. The molecule has 0 spiro atoms. The fraction of sp³-hybridized carbons (Fsp3) is 0.696. The Morgan fingerprint density at radius 3 is 0.984 bits per heavy atom. The number of rotatable bonds is 45. The zero-order chi connectivity index (χ0) is 45.1. The molecular weight excluding hydrogens is 769 g/mol. The molecule has 0 saturated heterocycles. The molecule has 0 heterocycles. The van der Waals surface area contributed by atoms with E-state index in [2.05, 4.69) is 106 Å². The van der Waals surface area contributed by atoms with Crippen molar-refractivity contribution in [2.45, 2.75) is 239 Å². The smallest absolute Gasteiger partial charge is 0.306 e. The third-order valence-corrected chi connectivity index (χ3v) is 10.7. The summed E-state index contributed by atoms with van der Waals surface area (Å²) in [5.41, 5.74) is 0. The minimum absolute atomic E-state index is 0.0764. The Hall–Kier alpha value is -3.41. The summed E-state index contributed by atoms with van der Waals surface area (Å²) in [5.74, 6) is -0.907. The highest BCUT2D eigenvalue weighted by Gasteiger charge is 2.19. The molecule has 0 fully saturated rings. The molecule has 0 N–H and O–H groups in total. The number of ether oxygens (including phenoxy) is 3. The molecule has 1 unspecified atom stereocenters. The average Bonchev–Trinajstić information content (AvgIpc) is 3.27. The van der Waals surface area contributed by atoms with Gasteiger partial charge in [-0.1, -0.05) is 221 Å². The molecule has 0 saturated carbocycles. The molecule has 0 bridgehead atoms. The Bertz CT molecular complexity index is 1220. The van der Waals surface area contributed by atoms with Crippen LogP contribution < -0.4 is 0 Å². The van der Waals surface area contributed by atoms with Gasteiger partial charge in [0.2, 0.25) is 0 Å². The maximum atomic E-state index is 12.5. The van der Waals surface area contributed by atoms with E-state index in [1.54, 1.807) is 0 Å². The largest absolute Gasteiger partial charge is 0.462 e. The highest BCUT2D eigenvalue weighted by atomic mass is 16.6. The number of esters is 3. The first kappa shape index (κ1) is 58.6. The number of carbonyl (C=O) groups is 3. The summed E-state index contributed by atoms with van der Waals surface area (Å²) in [6.45, 7) is 6.36. The van der Waals surface area contributed by atoms with Gasteiger partial charge in [0.05, 0.1) is 0 Å². The van der Waals surface area contributed by atoms with E-state index >= 15 is 0 Å². The number of allylic oxidation sites excluding steroid dienone is 14. The number of carbonyl (C=O) groups excluding carboxylic acids is 3. The summed E-state index contributed by atoms with van der Waals surface area (Å²) in [4.78, 5) is 37.3. The van der Waals surface area contributed by atoms with Crippen molar-refractivity contribution in [2.75, 3.05) is 13.2 Å². The molecule has 0 aliphatic heterocycles. The van der Waals surface area contributed by atoms with Gasteiger partial charge in [0.15, 0.2) is 6.10 Å². The fourth-order valence-corrected chi connectivity index (χ4v) is 6.83. The van der Waals surface area contributed by atoms with Crippen molar-refractivity contribution in [3.63, 3.8) is 0 Å². The second kappa shape index (κ2) is 50.2. The van der Waals surface area contributed by atoms with Crippen LogP contribution in [-0.2, 0) is 28.6 Å². The van der Waals surface area contributed by atoms with Gasteiger partial charge in [0.1, 0.15) is 13.2 Å². The van der Waals surface area contributed by atoms with E-state index in [9.17, 15) is 14.4 Å². The van der Waals surface area contributed by atoms with Gasteiger partial charge in [-0.05, 0) is 77.0 Å². The topological polar surface area (TPSA) is 78.9 Å². The van der Waals surface area contributed by atoms with Gasteiger partial charge in [-0.2, -0.15) is 0 Å². The maximum Gasteiger partial charge on any atom is 0.306 e. The zero-order valence-electron chi connectivity index (χ0n) is 40.4. The second-order valence-corrected chi connectivity index (χ2v) is 16.7. The predicted octanol–water partition coefficient (Wildman–Crippen LogP) is 16.8. The third-order valence-electron chi connectivity index (χ3n) is 10.7. The van der Waals surface area contributed by atoms with Crippen LogP contribution in [0.2, 0.25) is 0 Å². The van der Waals surface area contributed by atoms with Crippen molar-refractivity contribution < 1.29 is 28.6 Å². The Labute approximate surface area is 382 Å². The van der Waals surface area contributed by atoms with Crippen molar-refractivity contribution in [1.82, 2.24) is 0 Å². The van der Waals surface area contributed by atoms with E-state index < -0.39 is 6.10 Å². The zero-order valence-corrected chi connectivity index (χ0v) is 40.4. The van der Waals surface area contributed by atoms with Crippen LogP contribution in [0.5, 0.6) is 0 Å². The van der Waals surface area contributed by atoms with Crippen molar-refractivity contribution in [1.29, 1.82) is 0 Å². The lowest BCUT2D eigenvalue weighted by atomic mass is 10.0. The van der Waals surface area contributed by atoms with Crippen LogP contribution in [0.4, 0.5) is 0 Å². The third kappa shape index (κ3) is 47.6. The first-order chi connectivity index (χ1) is 30.5. The molecule has 62 heavy (non-hydrogen) atoms. The molecule has 0 rings (SSSR count). The van der Waals surface area contributed by atoms with Gasteiger partial charge in [-0.15, -0.1) is 0 Å². The van der Waals surface area contributed by atoms with Gasteiger partial charge in [0.25, 0.3) is 0 Å². The Morgan fingerprint density at radius 1 is 0.339 bits per heavy atom. The van der Waals surface area contributed by atoms with Crippen LogP contribution in [0.15, 0.2) is 85.1 Å². The molecular formula is C56H94O6. The average molecular weight is 863 g/mol. The lowest BCUT2D eigenvalue weighted by Gasteiger charge is -2.18. The van der Waals surface area contributed by atoms with E-state index in [-0.39, 0.29) is 31.1 Å². The van der Waals surface area contributed by atoms with Crippen molar-refractivity contribution in [2.24, 2.45) is 0 Å². The van der Waals surface area contributed by atoms with E-state index in [4.69, 9.17) is 14.2 Å². The predicted molar refractivity (Wildman–Crippen MR) is 265 cm³/mol. The molecule has 354 valence electrons. The summed E-state index contributed by atoms with van der Waals surface area (Å²) in [7, 11) is 0. The molecule has 0 aromatic carbocycles. The molecule has 0 aromatic heterocycles. The van der Waals surface area contributed by atoms with Gasteiger partial charge >= 0.3 is 17.9 Å². The number of hydrogen-bond donors (Lipinski definition) is 0. The van der Waals surface area contributed by atoms with E-state index in [0.29, 0.717) is 19.3 Å².